The molecule has 0 saturated carbocycles. The number of allylic oxidation sites excluding steroid dienone is 12. The number of esters is 1. The van der Waals surface area contributed by atoms with Gasteiger partial charge in [-0.3, -0.25) is 9.59 Å². The third kappa shape index (κ3) is 45.7. The average molecular weight is 880 g/mol. The molecule has 0 aliphatic heterocycles. The van der Waals surface area contributed by atoms with Gasteiger partial charge in [-0.2, -0.15) is 0 Å². The highest BCUT2D eigenvalue weighted by Gasteiger charge is 2.24. The minimum Gasteiger partial charge on any atom is -0.462 e. The van der Waals surface area contributed by atoms with E-state index in [1.54, 1.807) is 0 Å². The highest BCUT2D eigenvalue weighted by Crippen LogP contribution is 2.17. The molecule has 0 radical (unpaired) electrons. The Kier molecular flexibility index (Phi) is 48.1. The van der Waals surface area contributed by atoms with Crippen LogP contribution < -0.4 is 5.32 Å². The van der Waals surface area contributed by atoms with E-state index >= 15 is 0 Å². The van der Waals surface area contributed by atoms with Gasteiger partial charge in [-0.05, 0) is 89.9 Å². The van der Waals surface area contributed by atoms with Gasteiger partial charge >= 0.3 is 5.97 Å². The number of carbonyl (C=O) groups excluding carboxylic acids is 2. The maximum absolute atomic E-state index is 13.2. The molecular weight excluding hydrogens is 779 g/mol. The number of rotatable bonds is 47. The van der Waals surface area contributed by atoms with Crippen molar-refractivity contribution in [2.24, 2.45) is 0 Å². The molecule has 0 spiro atoms. The number of aliphatic hydroxyl groups is 2. The second-order valence-electron chi connectivity index (χ2n) is 17.9. The lowest BCUT2D eigenvalue weighted by atomic mass is 10.0. The molecule has 0 aliphatic rings. The zero-order chi connectivity index (χ0) is 45.9. The summed E-state index contributed by atoms with van der Waals surface area (Å²) in [6.07, 6.45) is 63.9. The van der Waals surface area contributed by atoms with Crippen LogP contribution in [0, 0.1) is 0 Å². The third-order valence-electron chi connectivity index (χ3n) is 11.8. The summed E-state index contributed by atoms with van der Waals surface area (Å²) >= 11 is 0. The van der Waals surface area contributed by atoms with Crippen LogP contribution in [-0.4, -0.2) is 46.9 Å². The van der Waals surface area contributed by atoms with Gasteiger partial charge < -0.3 is 20.3 Å². The van der Waals surface area contributed by atoms with Crippen LogP contribution >= 0.6 is 0 Å². The van der Waals surface area contributed by atoms with Crippen molar-refractivity contribution in [1.82, 2.24) is 5.32 Å². The average Bonchev–Trinajstić information content (AvgIpc) is 3.28. The zero-order valence-corrected chi connectivity index (χ0v) is 41.4. The van der Waals surface area contributed by atoms with Crippen LogP contribution in [0.15, 0.2) is 72.9 Å². The van der Waals surface area contributed by atoms with Crippen LogP contribution in [-0.2, 0) is 14.3 Å². The maximum atomic E-state index is 13.2. The first-order chi connectivity index (χ1) is 31.0. The third-order valence-corrected chi connectivity index (χ3v) is 11.8. The van der Waals surface area contributed by atoms with Crippen molar-refractivity contribution in [1.29, 1.82) is 0 Å². The van der Waals surface area contributed by atoms with Crippen LogP contribution in [0.2, 0.25) is 0 Å². The summed E-state index contributed by atoms with van der Waals surface area (Å²) in [4.78, 5) is 26.1. The first-order valence-electron chi connectivity index (χ1n) is 26.7. The van der Waals surface area contributed by atoms with E-state index in [0.717, 1.165) is 77.0 Å². The minimum atomic E-state index is -0.806. The van der Waals surface area contributed by atoms with Gasteiger partial charge in [-0.15, -0.1) is 0 Å². The number of carbonyl (C=O) groups is 2. The lowest BCUT2D eigenvalue weighted by Gasteiger charge is -2.24. The number of unbranched alkanes of at least 4 members (excludes halogenated alkanes) is 24. The molecule has 0 aromatic carbocycles. The fourth-order valence-corrected chi connectivity index (χ4v) is 7.71. The summed E-state index contributed by atoms with van der Waals surface area (Å²) < 4.78 is 5.90. The van der Waals surface area contributed by atoms with E-state index in [2.05, 4.69) is 99.0 Å². The van der Waals surface area contributed by atoms with Crippen LogP contribution in [0.25, 0.3) is 0 Å². The molecule has 0 rings (SSSR count). The second-order valence-corrected chi connectivity index (χ2v) is 17.9. The molecule has 0 aromatic heterocycles. The van der Waals surface area contributed by atoms with Gasteiger partial charge in [0.1, 0.15) is 6.10 Å². The maximum Gasteiger partial charge on any atom is 0.306 e. The summed E-state index contributed by atoms with van der Waals surface area (Å²) in [6, 6.07) is -0.723. The molecule has 0 aromatic rings. The number of ether oxygens (including phenoxy) is 1. The van der Waals surface area contributed by atoms with E-state index in [1.807, 2.05) is 0 Å². The van der Waals surface area contributed by atoms with Crippen LogP contribution in [0.4, 0.5) is 0 Å². The number of aliphatic hydroxyl groups excluding tert-OH is 2. The normalized spacial score (nSPS) is 13.8. The molecule has 3 atom stereocenters. The lowest BCUT2D eigenvalue weighted by Crippen LogP contribution is -2.46. The van der Waals surface area contributed by atoms with Gasteiger partial charge in [0.2, 0.25) is 5.91 Å². The topological polar surface area (TPSA) is 95.9 Å². The number of amides is 1. The Labute approximate surface area is 390 Å². The Bertz CT molecular complexity index is 1170. The Morgan fingerprint density at radius 1 is 0.476 bits per heavy atom. The van der Waals surface area contributed by atoms with E-state index in [4.69, 9.17) is 4.74 Å². The standard InChI is InChI=1S/C57H101NO5/c1-4-7-10-13-16-19-22-24-26-28-30-32-35-38-41-44-47-50-57(62)63-53(48-45-42-39-36-34-31-29-27-25-23-20-17-14-11-8-5-2)51-56(61)58-54(52-59)55(60)49-46-43-40-37-33-21-18-15-12-9-6-3/h16,19,24,26-27,29-32,34,38,41,53-55,59-60H,4-15,17-18,20-23,25,28,33,35-37,39-40,42-52H2,1-3H3,(H,58,61)/b19-16-,26-24-,29-27+,32-30-,34-31+,41-38-. The summed E-state index contributed by atoms with van der Waals surface area (Å²) in [6.45, 7) is 6.42. The van der Waals surface area contributed by atoms with Crippen molar-refractivity contribution in [3.8, 4) is 0 Å². The van der Waals surface area contributed by atoms with Crippen LogP contribution in [0.1, 0.15) is 252 Å². The Morgan fingerprint density at radius 2 is 0.857 bits per heavy atom. The largest absolute Gasteiger partial charge is 0.462 e. The van der Waals surface area contributed by atoms with E-state index in [0.29, 0.717) is 25.7 Å². The highest BCUT2D eigenvalue weighted by molar-refractivity contribution is 5.77. The molecule has 1 amide bonds. The minimum absolute atomic E-state index is 0.0357. The van der Waals surface area contributed by atoms with Crippen molar-refractivity contribution < 1.29 is 24.5 Å². The van der Waals surface area contributed by atoms with Crippen molar-refractivity contribution in [2.45, 2.75) is 270 Å². The number of hydrogen-bond acceptors (Lipinski definition) is 5. The molecule has 6 heteroatoms. The van der Waals surface area contributed by atoms with Gasteiger partial charge in [-0.1, -0.05) is 222 Å². The molecule has 0 fully saturated rings. The van der Waals surface area contributed by atoms with Crippen molar-refractivity contribution in [3.05, 3.63) is 72.9 Å². The molecule has 0 aliphatic carbocycles. The van der Waals surface area contributed by atoms with E-state index in [1.165, 1.54) is 122 Å². The summed E-state index contributed by atoms with van der Waals surface area (Å²) in [5.74, 6) is -0.567. The number of nitrogens with one attached hydrogen (secondary N) is 1. The quantitative estimate of drug-likeness (QED) is 0.0245. The van der Waals surface area contributed by atoms with Gasteiger partial charge in [0, 0.05) is 6.42 Å². The van der Waals surface area contributed by atoms with Gasteiger partial charge in [-0.25, -0.2) is 0 Å². The lowest BCUT2D eigenvalue weighted by molar-refractivity contribution is -0.151. The molecule has 3 N–H and O–H groups in total. The van der Waals surface area contributed by atoms with Crippen LogP contribution in [0.3, 0.4) is 0 Å². The molecule has 6 nitrogen and oxygen atoms in total. The van der Waals surface area contributed by atoms with E-state index < -0.39 is 18.2 Å². The van der Waals surface area contributed by atoms with Crippen molar-refractivity contribution >= 4 is 11.9 Å². The van der Waals surface area contributed by atoms with Crippen molar-refractivity contribution in [2.75, 3.05) is 6.61 Å². The Balaban J connectivity index is 4.74. The second kappa shape index (κ2) is 50.3. The van der Waals surface area contributed by atoms with E-state index in [9.17, 15) is 19.8 Å². The Hall–Kier alpha value is -2.70. The van der Waals surface area contributed by atoms with Gasteiger partial charge in [0.15, 0.2) is 0 Å². The molecule has 364 valence electrons. The predicted molar refractivity (Wildman–Crippen MR) is 273 cm³/mol. The highest BCUT2D eigenvalue weighted by atomic mass is 16.5. The Morgan fingerprint density at radius 3 is 1.37 bits per heavy atom. The first-order valence-corrected chi connectivity index (χ1v) is 26.7. The molecule has 0 saturated heterocycles. The SMILES string of the molecule is CCCCC/C=C\C/C=C\C/C=C\C/C=C\CCCC(=O)OC(CCCCC/C=C/C=C/CCCCCCCCC)CC(=O)NC(CO)C(O)CCCCCCCCCCCCC. The summed E-state index contributed by atoms with van der Waals surface area (Å²) in [5.41, 5.74) is 0. The van der Waals surface area contributed by atoms with Gasteiger partial charge in [0.05, 0.1) is 25.2 Å². The fourth-order valence-electron chi connectivity index (χ4n) is 7.71. The molecular formula is C57H101NO5. The van der Waals surface area contributed by atoms with Crippen molar-refractivity contribution in [3.63, 3.8) is 0 Å². The van der Waals surface area contributed by atoms with Gasteiger partial charge in [0.25, 0.3) is 0 Å². The first kappa shape index (κ1) is 60.3. The van der Waals surface area contributed by atoms with Crippen LogP contribution in [0.5, 0.6) is 0 Å². The number of hydrogen-bond donors (Lipinski definition) is 3. The fraction of sp³-hybridized carbons (Fsp3) is 0.754. The predicted octanol–water partition coefficient (Wildman–Crippen LogP) is 16.2. The molecule has 0 heterocycles. The molecule has 3 unspecified atom stereocenters. The molecule has 0 bridgehead atoms. The monoisotopic (exact) mass is 880 g/mol. The summed E-state index contributed by atoms with van der Waals surface area (Å²) in [5, 5.41) is 23.7. The smallest absolute Gasteiger partial charge is 0.306 e. The zero-order valence-electron chi connectivity index (χ0n) is 41.4. The summed E-state index contributed by atoms with van der Waals surface area (Å²) in [7, 11) is 0. The van der Waals surface area contributed by atoms with E-state index in [-0.39, 0.29) is 24.9 Å². The molecule has 63 heavy (non-hydrogen) atoms.